The maximum absolute atomic E-state index is 4.63. The van der Waals surface area contributed by atoms with E-state index in [0.717, 1.165) is 26.5 Å². The molecule has 1 N–H and O–H groups in total. The molecule has 100 valence electrons. The third kappa shape index (κ3) is 3.08. The highest BCUT2D eigenvalue weighted by atomic mass is 79.9. The second-order valence-corrected chi connectivity index (χ2v) is 6.31. The molecule has 0 saturated heterocycles. The summed E-state index contributed by atoms with van der Waals surface area (Å²) in [6.07, 6.45) is 0. The molecule has 1 aromatic heterocycles. The van der Waals surface area contributed by atoms with Crippen molar-refractivity contribution in [2.24, 2.45) is 0 Å². The number of hydrogen-bond acceptors (Lipinski definition) is 3. The van der Waals surface area contributed by atoms with Gasteiger partial charge in [-0.05, 0) is 31.2 Å². The highest BCUT2D eigenvalue weighted by Crippen LogP contribution is 2.28. The number of nitrogens with one attached hydrogen (secondary N) is 1. The molecule has 4 heteroatoms. The summed E-state index contributed by atoms with van der Waals surface area (Å²) in [5.74, 6) is 0. The third-order valence-electron chi connectivity index (χ3n) is 2.93. The summed E-state index contributed by atoms with van der Waals surface area (Å²) >= 11 is 5.10. The molecular formula is C16H13BrN2S. The number of nitrogens with zero attached hydrogens (tertiary/aromatic N) is 1. The highest BCUT2D eigenvalue weighted by Gasteiger charge is 2.05. The Morgan fingerprint density at radius 2 is 1.90 bits per heavy atom. The summed E-state index contributed by atoms with van der Waals surface area (Å²) in [7, 11) is 0. The average molecular weight is 345 g/mol. The minimum Gasteiger partial charge on any atom is -0.332 e. The van der Waals surface area contributed by atoms with Gasteiger partial charge in [0.25, 0.3) is 0 Å². The molecule has 0 atom stereocenters. The van der Waals surface area contributed by atoms with Crippen LogP contribution in [-0.2, 0) is 0 Å². The number of thiazole rings is 1. The summed E-state index contributed by atoms with van der Waals surface area (Å²) < 4.78 is 1.07. The molecule has 0 aliphatic heterocycles. The van der Waals surface area contributed by atoms with Crippen LogP contribution in [0.5, 0.6) is 0 Å². The van der Waals surface area contributed by atoms with Crippen molar-refractivity contribution in [3.8, 4) is 11.3 Å². The van der Waals surface area contributed by atoms with Crippen molar-refractivity contribution in [2.45, 2.75) is 6.92 Å². The van der Waals surface area contributed by atoms with Crippen LogP contribution in [0.3, 0.4) is 0 Å². The molecule has 0 spiro atoms. The molecule has 0 aliphatic carbocycles. The molecule has 0 fully saturated rings. The van der Waals surface area contributed by atoms with E-state index >= 15 is 0 Å². The van der Waals surface area contributed by atoms with Gasteiger partial charge in [0.1, 0.15) is 0 Å². The molecule has 3 rings (SSSR count). The van der Waals surface area contributed by atoms with Crippen LogP contribution in [0.15, 0.2) is 58.4 Å². The van der Waals surface area contributed by atoms with E-state index in [1.807, 2.05) is 12.1 Å². The second-order valence-electron chi connectivity index (χ2n) is 4.54. The summed E-state index contributed by atoms with van der Waals surface area (Å²) in [6.45, 7) is 2.08. The van der Waals surface area contributed by atoms with E-state index in [9.17, 15) is 0 Å². The van der Waals surface area contributed by atoms with Gasteiger partial charge >= 0.3 is 0 Å². The van der Waals surface area contributed by atoms with E-state index in [4.69, 9.17) is 0 Å². The van der Waals surface area contributed by atoms with Gasteiger partial charge in [-0.1, -0.05) is 45.8 Å². The fourth-order valence-corrected chi connectivity index (χ4v) is 3.01. The molecule has 2 nitrogen and oxygen atoms in total. The van der Waals surface area contributed by atoms with Crippen LogP contribution in [-0.4, -0.2) is 4.98 Å². The first-order chi connectivity index (χ1) is 9.70. The van der Waals surface area contributed by atoms with Gasteiger partial charge in [0.2, 0.25) is 0 Å². The molecule has 0 saturated carbocycles. The minimum atomic E-state index is 0.906. The zero-order valence-corrected chi connectivity index (χ0v) is 13.3. The predicted molar refractivity (Wildman–Crippen MR) is 89.7 cm³/mol. The predicted octanol–water partition coefficient (Wildman–Crippen LogP) is 5.62. The van der Waals surface area contributed by atoms with Crippen LogP contribution in [0.4, 0.5) is 10.8 Å². The lowest BCUT2D eigenvalue weighted by molar-refractivity contribution is 1.37. The Kier molecular flexibility index (Phi) is 3.85. The lowest BCUT2D eigenvalue weighted by Crippen LogP contribution is -1.89. The van der Waals surface area contributed by atoms with Crippen molar-refractivity contribution in [3.63, 3.8) is 0 Å². The van der Waals surface area contributed by atoms with Crippen molar-refractivity contribution in [2.75, 3.05) is 5.32 Å². The van der Waals surface area contributed by atoms with Crippen molar-refractivity contribution < 1.29 is 0 Å². The van der Waals surface area contributed by atoms with E-state index in [1.165, 1.54) is 5.56 Å². The minimum absolute atomic E-state index is 0.906. The second kappa shape index (κ2) is 5.77. The van der Waals surface area contributed by atoms with Gasteiger partial charge in [-0.3, -0.25) is 0 Å². The number of aromatic nitrogens is 1. The quantitative estimate of drug-likeness (QED) is 0.666. The molecule has 1 heterocycles. The fourth-order valence-electron chi connectivity index (χ4n) is 1.87. The number of aryl methyl sites for hydroxylation is 1. The summed E-state index contributed by atoms with van der Waals surface area (Å²) in [6, 6.07) is 16.5. The monoisotopic (exact) mass is 344 g/mol. The average Bonchev–Trinajstić information content (AvgIpc) is 2.90. The molecule has 3 aromatic rings. The SMILES string of the molecule is Cc1ccc(Nc2nc(-c3cccc(Br)c3)cs2)cc1. The fraction of sp³-hybridized carbons (Fsp3) is 0.0625. The van der Waals surface area contributed by atoms with Gasteiger partial charge in [0, 0.05) is 21.1 Å². The Balaban J connectivity index is 1.82. The van der Waals surface area contributed by atoms with Gasteiger partial charge in [0.15, 0.2) is 5.13 Å². The van der Waals surface area contributed by atoms with Crippen LogP contribution in [0.25, 0.3) is 11.3 Å². The Hall–Kier alpha value is -1.65. The van der Waals surface area contributed by atoms with Crippen molar-refractivity contribution in [3.05, 3.63) is 63.9 Å². The lowest BCUT2D eigenvalue weighted by Gasteiger charge is -2.02. The zero-order valence-electron chi connectivity index (χ0n) is 10.9. The Morgan fingerprint density at radius 1 is 1.10 bits per heavy atom. The smallest absolute Gasteiger partial charge is 0.187 e. The van der Waals surface area contributed by atoms with Crippen LogP contribution >= 0.6 is 27.3 Å². The Labute approximate surface area is 130 Å². The number of anilines is 2. The number of rotatable bonds is 3. The highest BCUT2D eigenvalue weighted by molar-refractivity contribution is 9.10. The van der Waals surface area contributed by atoms with Crippen molar-refractivity contribution >= 4 is 38.1 Å². The summed E-state index contributed by atoms with van der Waals surface area (Å²) in [5.41, 5.74) is 4.42. The van der Waals surface area contributed by atoms with E-state index in [2.05, 4.69) is 74.9 Å². The molecule has 0 unspecified atom stereocenters. The molecule has 0 radical (unpaired) electrons. The van der Waals surface area contributed by atoms with Crippen LogP contribution in [0.2, 0.25) is 0 Å². The molecule has 0 amide bonds. The van der Waals surface area contributed by atoms with Gasteiger partial charge in [-0.25, -0.2) is 4.98 Å². The maximum Gasteiger partial charge on any atom is 0.187 e. The zero-order chi connectivity index (χ0) is 13.9. The standard InChI is InChI=1S/C16H13BrN2S/c1-11-5-7-14(8-6-11)18-16-19-15(10-20-16)12-3-2-4-13(17)9-12/h2-10H,1H3,(H,18,19). The largest absolute Gasteiger partial charge is 0.332 e. The molecule has 0 aliphatic rings. The first-order valence-corrected chi connectivity index (χ1v) is 7.93. The first kappa shape index (κ1) is 13.3. The molecule has 2 aromatic carbocycles. The molecule has 0 bridgehead atoms. The summed E-state index contributed by atoms with van der Waals surface area (Å²) in [5, 5.41) is 6.31. The molecular weight excluding hydrogens is 332 g/mol. The van der Waals surface area contributed by atoms with Crippen molar-refractivity contribution in [1.29, 1.82) is 0 Å². The van der Waals surface area contributed by atoms with E-state index in [-0.39, 0.29) is 0 Å². The van der Waals surface area contributed by atoms with E-state index in [1.54, 1.807) is 11.3 Å². The third-order valence-corrected chi connectivity index (χ3v) is 4.18. The normalized spacial score (nSPS) is 10.5. The van der Waals surface area contributed by atoms with Crippen LogP contribution in [0, 0.1) is 6.92 Å². The van der Waals surface area contributed by atoms with Crippen molar-refractivity contribution in [1.82, 2.24) is 4.98 Å². The maximum atomic E-state index is 4.63. The van der Waals surface area contributed by atoms with Gasteiger partial charge in [-0.2, -0.15) is 0 Å². The Morgan fingerprint density at radius 3 is 2.65 bits per heavy atom. The van der Waals surface area contributed by atoms with Crippen LogP contribution < -0.4 is 5.32 Å². The van der Waals surface area contributed by atoms with Gasteiger partial charge < -0.3 is 5.32 Å². The molecule has 20 heavy (non-hydrogen) atoms. The van der Waals surface area contributed by atoms with E-state index in [0.29, 0.717) is 0 Å². The first-order valence-electron chi connectivity index (χ1n) is 6.26. The topological polar surface area (TPSA) is 24.9 Å². The van der Waals surface area contributed by atoms with Gasteiger partial charge in [0.05, 0.1) is 5.69 Å². The number of benzene rings is 2. The van der Waals surface area contributed by atoms with E-state index < -0.39 is 0 Å². The Bertz CT molecular complexity index is 719. The number of halogens is 1. The van der Waals surface area contributed by atoms with Crippen LogP contribution in [0.1, 0.15) is 5.56 Å². The summed E-state index contributed by atoms with van der Waals surface area (Å²) in [4.78, 5) is 4.63. The lowest BCUT2D eigenvalue weighted by atomic mass is 10.2. The number of hydrogen-bond donors (Lipinski definition) is 1. The van der Waals surface area contributed by atoms with Gasteiger partial charge in [-0.15, -0.1) is 11.3 Å².